The Balaban J connectivity index is 1.82. The zero-order valence-corrected chi connectivity index (χ0v) is 12.4. The van der Waals surface area contributed by atoms with Crippen molar-refractivity contribution < 1.29 is 9.59 Å². The predicted octanol–water partition coefficient (Wildman–Crippen LogP) is 2.64. The maximum absolute atomic E-state index is 12.9. The number of carbonyl (C=O) groups is 2. The molecule has 1 heterocycles. The van der Waals surface area contributed by atoms with E-state index in [4.69, 9.17) is 0 Å². The molecule has 106 valence electrons. The lowest BCUT2D eigenvalue weighted by Gasteiger charge is -2.38. The minimum atomic E-state index is -0.644. The number of carbonyl (C=O) groups excluding carboxylic acids is 2. The van der Waals surface area contributed by atoms with Crippen LogP contribution in [0.2, 0.25) is 0 Å². The van der Waals surface area contributed by atoms with Crippen molar-refractivity contribution >= 4 is 11.7 Å². The summed E-state index contributed by atoms with van der Waals surface area (Å²) < 4.78 is 0. The van der Waals surface area contributed by atoms with Gasteiger partial charge in [-0.05, 0) is 43.9 Å². The van der Waals surface area contributed by atoms with Gasteiger partial charge >= 0.3 is 0 Å². The van der Waals surface area contributed by atoms with Crippen molar-refractivity contribution in [2.45, 2.75) is 52.9 Å². The molecule has 0 radical (unpaired) electrons. The Morgan fingerprint density at radius 2 is 1.84 bits per heavy atom. The van der Waals surface area contributed by atoms with Crippen LogP contribution in [0.3, 0.4) is 0 Å². The second-order valence-electron chi connectivity index (χ2n) is 7.55. The van der Waals surface area contributed by atoms with Crippen LogP contribution in [0.4, 0.5) is 0 Å². The summed E-state index contributed by atoms with van der Waals surface area (Å²) in [6.07, 6.45) is 4.83. The van der Waals surface area contributed by atoms with Gasteiger partial charge in [0, 0.05) is 18.5 Å². The number of ketones is 1. The van der Waals surface area contributed by atoms with Crippen LogP contribution in [-0.2, 0) is 9.59 Å². The van der Waals surface area contributed by atoms with Crippen LogP contribution in [0.25, 0.3) is 0 Å². The van der Waals surface area contributed by atoms with Crippen molar-refractivity contribution in [2.24, 2.45) is 22.7 Å². The zero-order chi connectivity index (χ0) is 13.8. The highest BCUT2D eigenvalue weighted by Crippen LogP contribution is 2.60. The molecule has 0 aromatic rings. The second-order valence-corrected chi connectivity index (χ2v) is 7.55. The molecule has 1 amide bonds. The molecule has 3 heteroatoms. The van der Waals surface area contributed by atoms with Gasteiger partial charge in [-0.2, -0.15) is 0 Å². The fourth-order valence-electron chi connectivity index (χ4n) is 4.48. The van der Waals surface area contributed by atoms with Gasteiger partial charge in [-0.15, -0.1) is 0 Å². The summed E-state index contributed by atoms with van der Waals surface area (Å²) in [5.74, 6) is 1.51. The maximum Gasteiger partial charge on any atom is 0.236 e. The Morgan fingerprint density at radius 1 is 1.21 bits per heavy atom. The van der Waals surface area contributed by atoms with Gasteiger partial charge in [0.15, 0.2) is 5.78 Å². The van der Waals surface area contributed by atoms with Crippen LogP contribution in [0.15, 0.2) is 0 Å². The minimum Gasteiger partial charge on any atom is -0.342 e. The molecule has 1 aliphatic heterocycles. The van der Waals surface area contributed by atoms with Gasteiger partial charge in [-0.1, -0.05) is 20.8 Å². The van der Waals surface area contributed by atoms with Crippen molar-refractivity contribution in [1.29, 1.82) is 0 Å². The monoisotopic (exact) mass is 263 g/mol. The molecular formula is C16H25NO2. The summed E-state index contributed by atoms with van der Waals surface area (Å²) in [7, 11) is 0. The highest BCUT2D eigenvalue weighted by Gasteiger charge is 2.65. The molecule has 3 aliphatic rings. The van der Waals surface area contributed by atoms with Crippen molar-refractivity contribution in [3.8, 4) is 0 Å². The largest absolute Gasteiger partial charge is 0.342 e. The van der Waals surface area contributed by atoms with Gasteiger partial charge in [-0.3, -0.25) is 9.59 Å². The van der Waals surface area contributed by atoms with Crippen LogP contribution in [0.1, 0.15) is 52.9 Å². The van der Waals surface area contributed by atoms with Gasteiger partial charge in [0.1, 0.15) is 5.41 Å². The summed E-state index contributed by atoms with van der Waals surface area (Å²) in [4.78, 5) is 27.6. The van der Waals surface area contributed by atoms with Crippen LogP contribution in [0.5, 0.6) is 0 Å². The van der Waals surface area contributed by atoms with Crippen LogP contribution in [0, 0.1) is 22.7 Å². The molecule has 1 saturated heterocycles. The van der Waals surface area contributed by atoms with Crippen molar-refractivity contribution in [2.75, 3.05) is 13.1 Å². The van der Waals surface area contributed by atoms with Gasteiger partial charge in [0.2, 0.25) is 5.91 Å². The van der Waals surface area contributed by atoms with Crippen LogP contribution < -0.4 is 0 Å². The fourth-order valence-corrected chi connectivity index (χ4v) is 4.48. The number of hydrogen-bond acceptors (Lipinski definition) is 2. The van der Waals surface area contributed by atoms with Crippen molar-refractivity contribution in [3.63, 3.8) is 0 Å². The predicted molar refractivity (Wildman–Crippen MR) is 73.5 cm³/mol. The van der Waals surface area contributed by atoms with E-state index in [0.717, 1.165) is 45.2 Å². The maximum atomic E-state index is 12.9. The standard InChI is InChI=1S/C16H25NO2/c1-11-5-8-17(9-6-11)14(19)16-7-4-12(10-16)15(2,3)13(16)18/h11-12H,4-10H2,1-3H3/t12-,16-/m1/s1. The number of piperidine rings is 1. The normalized spacial score (nSPS) is 37.9. The third kappa shape index (κ3) is 1.70. The molecule has 0 spiro atoms. The molecule has 3 nitrogen and oxygen atoms in total. The number of Topliss-reactive ketones (excluding diaryl/α,β-unsaturated/α-hetero) is 1. The molecule has 3 rings (SSSR count). The summed E-state index contributed by atoms with van der Waals surface area (Å²) in [6.45, 7) is 8.01. The van der Waals surface area contributed by atoms with E-state index in [1.54, 1.807) is 0 Å². The van der Waals surface area contributed by atoms with Crippen molar-refractivity contribution in [3.05, 3.63) is 0 Å². The third-order valence-corrected chi connectivity index (χ3v) is 6.04. The quantitative estimate of drug-likeness (QED) is 0.682. The van der Waals surface area contributed by atoms with Crippen LogP contribution in [-0.4, -0.2) is 29.7 Å². The van der Waals surface area contributed by atoms with E-state index in [2.05, 4.69) is 6.92 Å². The van der Waals surface area contributed by atoms with E-state index in [9.17, 15) is 9.59 Å². The lowest BCUT2D eigenvalue weighted by Crippen LogP contribution is -2.51. The average Bonchev–Trinajstić information content (AvgIpc) is 2.90. The zero-order valence-electron chi connectivity index (χ0n) is 12.4. The molecule has 2 saturated carbocycles. The van der Waals surface area contributed by atoms with Crippen LogP contribution >= 0.6 is 0 Å². The number of likely N-dealkylation sites (tertiary alicyclic amines) is 1. The molecular weight excluding hydrogens is 238 g/mol. The minimum absolute atomic E-state index is 0.150. The third-order valence-electron chi connectivity index (χ3n) is 6.04. The summed E-state index contributed by atoms with van der Waals surface area (Å²) in [6, 6.07) is 0. The number of fused-ring (bicyclic) bond motifs is 2. The smallest absolute Gasteiger partial charge is 0.236 e. The summed E-state index contributed by atoms with van der Waals surface area (Å²) in [5.41, 5.74) is -0.925. The Morgan fingerprint density at radius 3 is 2.37 bits per heavy atom. The Kier molecular flexibility index (Phi) is 2.81. The molecule has 0 aromatic carbocycles. The highest BCUT2D eigenvalue weighted by molar-refractivity contribution is 6.10. The molecule has 2 aliphatic carbocycles. The van der Waals surface area contributed by atoms with E-state index in [-0.39, 0.29) is 17.1 Å². The first kappa shape index (κ1) is 13.1. The molecule has 3 fully saturated rings. The first-order valence-electron chi connectivity index (χ1n) is 7.72. The Labute approximate surface area is 115 Å². The lowest BCUT2D eigenvalue weighted by molar-refractivity contribution is -0.152. The number of rotatable bonds is 1. The Hall–Kier alpha value is -0.860. The van der Waals surface area contributed by atoms with E-state index in [1.807, 2.05) is 18.7 Å². The van der Waals surface area contributed by atoms with E-state index in [0.29, 0.717) is 11.8 Å². The number of nitrogens with zero attached hydrogens (tertiary/aromatic N) is 1. The average molecular weight is 263 g/mol. The van der Waals surface area contributed by atoms with E-state index >= 15 is 0 Å². The topological polar surface area (TPSA) is 37.4 Å². The molecule has 2 bridgehead atoms. The second kappa shape index (κ2) is 4.07. The first-order valence-corrected chi connectivity index (χ1v) is 7.72. The summed E-state index contributed by atoms with van der Waals surface area (Å²) >= 11 is 0. The summed E-state index contributed by atoms with van der Waals surface area (Å²) in [5, 5.41) is 0. The SMILES string of the molecule is CC1CCN(C(=O)[C@]23CC[C@H](C2)C(C)(C)C3=O)CC1. The number of amides is 1. The first-order chi connectivity index (χ1) is 8.88. The molecule has 0 aromatic heterocycles. The van der Waals surface area contributed by atoms with Gasteiger partial charge in [0.05, 0.1) is 0 Å². The van der Waals surface area contributed by atoms with Gasteiger partial charge in [0.25, 0.3) is 0 Å². The molecule has 19 heavy (non-hydrogen) atoms. The molecule has 0 N–H and O–H groups in total. The molecule has 0 unspecified atom stereocenters. The van der Waals surface area contributed by atoms with Gasteiger partial charge < -0.3 is 4.90 Å². The lowest BCUT2D eigenvalue weighted by atomic mass is 9.70. The molecule has 2 atom stereocenters. The number of hydrogen-bond donors (Lipinski definition) is 0. The van der Waals surface area contributed by atoms with E-state index in [1.165, 1.54) is 0 Å². The Bertz CT molecular complexity index is 420. The van der Waals surface area contributed by atoms with Crippen molar-refractivity contribution in [1.82, 2.24) is 4.90 Å². The van der Waals surface area contributed by atoms with Gasteiger partial charge in [-0.25, -0.2) is 0 Å². The fraction of sp³-hybridized carbons (Fsp3) is 0.875. The highest BCUT2D eigenvalue weighted by atomic mass is 16.2. The van der Waals surface area contributed by atoms with E-state index < -0.39 is 5.41 Å².